The maximum atomic E-state index is 13.6. The third-order valence-corrected chi connectivity index (χ3v) is 3.43. The summed E-state index contributed by atoms with van der Waals surface area (Å²) >= 11 is 5.36. The molecule has 0 bridgehead atoms. The number of hydrogen-bond donors (Lipinski definition) is 1. The molecule has 2 rings (SSSR count). The first kappa shape index (κ1) is 13.7. The summed E-state index contributed by atoms with van der Waals surface area (Å²) in [5, 5.41) is 3.14. The molecule has 0 saturated heterocycles. The summed E-state index contributed by atoms with van der Waals surface area (Å²) in [7, 11) is 0. The molecule has 2 aromatic rings. The van der Waals surface area contributed by atoms with Crippen LogP contribution in [0.15, 0.2) is 35.1 Å². The van der Waals surface area contributed by atoms with Crippen molar-refractivity contribution in [1.29, 1.82) is 0 Å². The number of benzene rings is 1. The van der Waals surface area contributed by atoms with Crippen molar-refractivity contribution in [2.45, 2.75) is 6.42 Å². The summed E-state index contributed by atoms with van der Waals surface area (Å²) in [6, 6.07) is 6.94. The Balaban J connectivity index is 1.92. The van der Waals surface area contributed by atoms with Crippen molar-refractivity contribution in [3.05, 3.63) is 50.1 Å². The second-order valence-corrected chi connectivity index (χ2v) is 5.66. The van der Waals surface area contributed by atoms with E-state index in [0.717, 1.165) is 14.0 Å². The largest absolute Gasteiger partial charge is 0.370 e. The van der Waals surface area contributed by atoms with Gasteiger partial charge in [-0.25, -0.2) is 14.4 Å². The van der Waals surface area contributed by atoms with Gasteiger partial charge in [0.05, 0.1) is 0 Å². The van der Waals surface area contributed by atoms with E-state index in [0.29, 0.717) is 18.5 Å². The maximum Gasteiger partial charge on any atom is 0.130 e. The minimum Gasteiger partial charge on any atom is -0.370 e. The molecule has 0 aliphatic heterocycles. The molecule has 94 valence electrons. The van der Waals surface area contributed by atoms with E-state index in [1.165, 1.54) is 12.4 Å². The van der Waals surface area contributed by atoms with Gasteiger partial charge in [-0.2, -0.15) is 0 Å². The van der Waals surface area contributed by atoms with Gasteiger partial charge in [-0.05, 0) is 46.7 Å². The van der Waals surface area contributed by atoms with Crippen LogP contribution in [0.25, 0.3) is 0 Å². The van der Waals surface area contributed by atoms with E-state index in [1.807, 2.05) is 12.1 Å². The predicted octanol–water partition coefficient (Wildman–Crippen LogP) is 3.64. The molecule has 1 N–H and O–H groups in total. The van der Waals surface area contributed by atoms with Gasteiger partial charge in [-0.3, -0.25) is 0 Å². The Morgan fingerprint density at radius 3 is 2.83 bits per heavy atom. The Morgan fingerprint density at radius 1 is 1.28 bits per heavy atom. The van der Waals surface area contributed by atoms with Gasteiger partial charge < -0.3 is 5.32 Å². The number of nitrogens with one attached hydrogen (secondary N) is 1. The second-order valence-electron chi connectivity index (χ2n) is 3.64. The molecule has 1 aromatic heterocycles. The van der Waals surface area contributed by atoms with Crippen molar-refractivity contribution >= 4 is 44.3 Å². The van der Waals surface area contributed by atoms with Gasteiger partial charge in [0.25, 0.3) is 0 Å². The third-order valence-electron chi connectivity index (χ3n) is 2.35. The van der Waals surface area contributed by atoms with E-state index in [2.05, 4.69) is 53.8 Å². The van der Waals surface area contributed by atoms with Gasteiger partial charge in [0, 0.05) is 17.1 Å². The minimum atomic E-state index is -0.191. The first-order valence-corrected chi connectivity index (χ1v) is 7.17. The van der Waals surface area contributed by atoms with Crippen molar-refractivity contribution in [3.8, 4) is 0 Å². The van der Waals surface area contributed by atoms with E-state index in [4.69, 9.17) is 0 Å². The lowest BCUT2D eigenvalue weighted by Gasteiger charge is -2.06. The zero-order chi connectivity index (χ0) is 13.0. The fourth-order valence-electron chi connectivity index (χ4n) is 1.48. The van der Waals surface area contributed by atoms with Crippen molar-refractivity contribution in [3.63, 3.8) is 0 Å². The van der Waals surface area contributed by atoms with Crippen LogP contribution in [-0.2, 0) is 6.42 Å². The fraction of sp³-hybridized carbons (Fsp3) is 0.167. The normalized spacial score (nSPS) is 10.4. The molecule has 0 saturated carbocycles. The average Bonchev–Trinajstić information content (AvgIpc) is 2.32. The Hall–Kier alpha value is -0.760. The Bertz CT molecular complexity index is 551. The molecule has 0 atom stereocenters. The molecular formula is C12H10BrFIN3. The van der Waals surface area contributed by atoms with E-state index in [-0.39, 0.29) is 5.82 Å². The molecule has 0 unspecified atom stereocenters. The number of halogens is 3. The molecule has 0 spiro atoms. The molecule has 0 aliphatic carbocycles. The first-order valence-electron chi connectivity index (χ1n) is 5.30. The van der Waals surface area contributed by atoms with E-state index in [1.54, 1.807) is 6.07 Å². The quantitative estimate of drug-likeness (QED) is 0.605. The van der Waals surface area contributed by atoms with Crippen LogP contribution in [0.2, 0.25) is 0 Å². The summed E-state index contributed by atoms with van der Waals surface area (Å²) in [6.45, 7) is 0.631. The predicted molar refractivity (Wildman–Crippen MR) is 81.0 cm³/mol. The lowest BCUT2D eigenvalue weighted by atomic mass is 10.1. The number of hydrogen-bond acceptors (Lipinski definition) is 3. The number of anilines is 1. The fourth-order valence-corrected chi connectivity index (χ4v) is 2.23. The summed E-state index contributed by atoms with van der Waals surface area (Å²) in [6.07, 6.45) is 2.12. The van der Waals surface area contributed by atoms with Gasteiger partial charge >= 0.3 is 0 Å². The highest BCUT2D eigenvalue weighted by atomic mass is 127. The highest BCUT2D eigenvalue weighted by molar-refractivity contribution is 14.1. The van der Waals surface area contributed by atoms with Crippen LogP contribution in [0.5, 0.6) is 0 Å². The lowest BCUT2D eigenvalue weighted by Crippen LogP contribution is -2.07. The topological polar surface area (TPSA) is 37.8 Å². The monoisotopic (exact) mass is 421 g/mol. The highest BCUT2D eigenvalue weighted by Gasteiger charge is 2.03. The van der Waals surface area contributed by atoms with Gasteiger partial charge in [-0.15, -0.1) is 0 Å². The summed E-state index contributed by atoms with van der Waals surface area (Å²) in [5.74, 6) is 0.565. The van der Waals surface area contributed by atoms with E-state index in [9.17, 15) is 4.39 Å². The average molecular weight is 422 g/mol. The van der Waals surface area contributed by atoms with Crippen molar-refractivity contribution in [1.82, 2.24) is 9.97 Å². The molecule has 1 heterocycles. The first-order chi connectivity index (χ1) is 8.65. The molecule has 3 nitrogen and oxygen atoms in total. The molecule has 0 fully saturated rings. The van der Waals surface area contributed by atoms with Crippen LogP contribution in [-0.4, -0.2) is 16.5 Å². The molecule has 18 heavy (non-hydrogen) atoms. The van der Waals surface area contributed by atoms with E-state index < -0.39 is 0 Å². The van der Waals surface area contributed by atoms with Gasteiger partial charge in [-0.1, -0.05) is 22.0 Å². The molecule has 0 aliphatic rings. The van der Waals surface area contributed by atoms with E-state index >= 15 is 0 Å². The van der Waals surface area contributed by atoms with Gasteiger partial charge in [0.15, 0.2) is 0 Å². The highest BCUT2D eigenvalue weighted by Crippen LogP contribution is 2.15. The van der Waals surface area contributed by atoms with Crippen LogP contribution in [0.3, 0.4) is 0 Å². The molecule has 6 heteroatoms. The van der Waals surface area contributed by atoms with Crippen LogP contribution >= 0.6 is 38.5 Å². The SMILES string of the molecule is Fc1cc(Br)ccc1CCNc1cc(I)ncn1. The summed E-state index contributed by atoms with van der Waals surface area (Å²) in [5.41, 5.74) is 0.689. The lowest BCUT2D eigenvalue weighted by molar-refractivity contribution is 0.609. The van der Waals surface area contributed by atoms with Crippen LogP contribution in [0.1, 0.15) is 5.56 Å². The summed E-state index contributed by atoms with van der Waals surface area (Å²) in [4.78, 5) is 8.08. The molecule has 1 aromatic carbocycles. The number of aromatic nitrogens is 2. The summed E-state index contributed by atoms with van der Waals surface area (Å²) < 4.78 is 15.2. The molecular weight excluding hydrogens is 412 g/mol. The minimum absolute atomic E-state index is 0.191. The second kappa shape index (κ2) is 6.42. The van der Waals surface area contributed by atoms with Gasteiger partial charge in [0.1, 0.15) is 21.7 Å². The van der Waals surface area contributed by atoms with Crippen molar-refractivity contribution in [2.75, 3.05) is 11.9 Å². The van der Waals surface area contributed by atoms with Crippen molar-refractivity contribution < 1.29 is 4.39 Å². The Kier molecular flexibility index (Phi) is 4.87. The molecule has 0 amide bonds. The Morgan fingerprint density at radius 2 is 2.11 bits per heavy atom. The van der Waals surface area contributed by atoms with Crippen LogP contribution in [0.4, 0.5) is 10.2 Å². The van der Waals surface area contributed by atoms with Crippen molar-refractivity contribution in [2.24, 2.45) is 0 Å². The van der Waals surface area contributed by atoms with Crippen LogP contribution < -0.4 is 5.32 Å². The zero-order valence-corrected chi connectivity index (χ0v) is 13.1. The smallest absolute Gasteiger partial charge is 0.130 e. The van der Waals surface area contributed by atoms with Gasteiger partial charge in [0.2, 0.25) is 0 Å². The van der Waals surface area contributed by atoms with Crippen LogP contribution in [0, 0.1) is 9.52 Å². The maximum absolute atomic E-state index is 13.6. The number of nitrogens with zero attached hydrogens (tertiary/aromatic N) is 2. The third kappa shape index (κ3) is 3.88. The number of rotatable bonds is 4. The Labute approximate surface area is 127 Å². The standard InChI is InChI=1S/C12H10BrFIN3/c13-9-2-1-8(10(14)5-9)3-4-16-12-6-11(15)17-7-18-12/h1-2,5-7H,3-4H2,(H,16,17,18). The molecule has 0 radical (unpaired) electrons. The zero-order valence-electron chi connectivity index (χ0n) is 9.33.